The monoisotopic (exact) mass is 265 g/mol. The van der Waals surface area contributed by atoms with E-state index in [1.807, 2.05) is 30.3 Å². The molecule has 3 heteroatoms. The summed E-state index contributed by atoms with van der Waals surface area (Å²) in [4.78, 5) is 0. The number of ether oxygens (including phenoxy) is 1. The van der Waals surface area contributed by atoms with Crippen molar-refractivity contribution in [3.8, 4) is 0 Å². The van der Waals surface area contributed by atoms with Gasteiger partial charge in [0.25, 0.3) is 0 Å². The van der Waals surface area contributed by atoms with Gasteiger partial charge in [-0.25, -0.2) is 0 Å². The van der Waals surface area contributed by atoms with Crippen molar-refractivity contribution in [2.75, 3.05) is 19.8 Å². The summed E-state index contributed by atoms with van der Waals surface area (Å²) >= 11 is 0. The van der Waals surface area contributed by atoms with Gasteiger partial charge in [-0.2, -0.15) is 0 Å². The lowest BCUT2D eigenvalue weighted by molar-refractivity contribution is 0.0516. The molecule has 0 amide bonds. The highest BCUT2D eigenvalue weighted by Crippen LogP contribution is 2.18. The molecule has 3 N–H and O–H groups in total. The zero-order chi connectivity index (χ0) is 14.0. The number of rotatable bonds is 10. The molecular formula is C16H27NO2. The first kappa shape index (κ1) is 16.2. The van der Waals surface area contributed by atoms with Crippen molar-refractivity contribution in [2.24, 2.45) is 5.73 Å². The molecule has 0 aromatic heterocycles. The molecule has 0 heterocycles. The lowest BCUT2D eigenvalue weighted by Gasteiger charge is -2.27. The second-order valence-electron chi connectivity index (χ2n) is 5.15. The van der Waals surface area contributed by atoms with Crippen LogP contribution in [0, 0.1) is 0 Å². The maximum Gasteiger partial charge on any atom is 0.0881 e. The predicted molar refractivity (Wildman–Crippen MR) is 79.0 cm³/mol. The number of benzene rings is 1. The molecule has 0 bridgehead atoms. The van der Waals surface area contributed by atoms with E-state index in [0.29, 0.717) is 6.61 Å². The average Bonchev–Trinajstić information content (AvgIpc) is 2.47. The van der Waals surface area contributed by atoms with E-state index in [1.165, 1.54) is 25.7 Å². The van der Waals surface area contributed by atoms with Gasteiger partial charge < -0.3 is 15.6 Å². The van der Waals surface area contributed by atoms with Crippen molar-refractivity contribution in [3.63, 3.8) is 0 Å². The number of aliphatic hydroxyl groups excluding tert-OH is 1. The Bertz CT molecular complexity index is 329. The van der Waals surface area contributed by atoms with Crippen molar-refractivity contribution in [3.05, 3.63) is 35.9 Å². The van der Waals surface area contributed by atoms with Crippen LogP contribution in [-0.4, -0.2) is 24.9 Å². The predicted octanol–water partition coefficient (Wildman–Crippen LogP) is 2.82. The average molecular weight is 265 g/mol. The Hall–Kier alpha value is -0.900. The Balaban J connectivity index is 2.29. The highest BCUT2D eigenvalue weighted by atomic mass is 16.5. The number of nitrogens with two attached hydrogens (primary N) is 1. The van der Waals surface area contributed by atoms with Gasteiger partial charge in [-0.05, 0) is 12.0 Å². The first-order valence-electron chi connectivity index (χ1n) is 7.26. The van der Waals surface area contributed by atoms with Crippen molar-refractivity contribution in [1.29, 1.82) is 0 Å². The summed E-state index contributed by atoms with van der Waals surface area (Å²) in [6.07, 6.45) is 6.09. The Morgan fingerprint density at radius 2 is 1.79 bits per heavy atom. The molecule has 108 valence electrons. The molecule has 1 unspecified atom stereocenters. The molecule has 0 aliphatic heterocycles. The van der Waals surface area contributed by atoms with E-state index in [-0.39, 0.29) is 6.61 Å². The van der Waals surface area contributed by atoms with Crippen LogP contribution in [-0.2, 0) is 10.3 Å². The molecule has 1 aromatic rings. The van der Waals surface area contributed by atoms with Crippen LogP contribution in [0.5, 0.6) is 0 Å². The fraction of sp³-hybridized carbons (Fsp3) is 0.625. The third kappa shape index (κ3) is 5.72. The topological polar surface area (TPSA) is 55.5 Å². The van der Waals surface area contributed by atoms with Gasteiger partial charge in [0.15, 0.2) is 0 Å². The van der Waals surface area contributed by atoms with Gasteiger partial charge in [0.2, 0.25) is 0 Å². The minimum Gasteiger partial charge on any atom is -0.394 e. The largest absolute Gasteiger partial charge is 0.394 e. The molecule has 0 spiro atoms. The lowest BCUT2D eigenvalue weighted by Crippen LogP contribution is -2.45. The van der Waals surface area contributed by atoms with Gasteiger partial charge >= 0.3 is 0 Å². The summed E-state index contributed by atoms with van der Waals surface area (Å²) in [6.45, 7) is 3.18. The Morgan fingerprint density at radius 3 is 2.42 bits per heavy atom. The van der Waals surface area contributed by atoms with Crippen LogP contribution in [0.3, 0.4) is 0 Å². The second-order valence-corrected chi connectivity index (χ2v) is 5.15. The Morgan fingerprint density at radius 1 is 1.11 bits per heavy atom. The first-order valence-corrected chi connectivity index (χ1v) is 7.26. The third-order valence-electron chi connectivity index (χ3n) is 3.38. The fourth-order valence-corrected chi connectivity index (χ4v) is 2.05. The molecule has 1 aromatic carbocycles. The van der Waals surface area contributed by atoms with Gasteiger partial charge in [0.05, 0.1) is 18.8 Å². The van der Waals surface area contributed by atoms with E-state index in [1.54, 1.807) is 0 Å². The number of aliphatic hydroxyl groups is 1. The summed E-state index contributed by atoms with van der Waals surface area (Å²) in [5, 5.41) is 9.51. The van der Waals surface area contributed by atoms with E-state index in [0.717, 1.165) is 18.6 Å². The smallest absolute Gasteiger partial charge is 0.0881 e. The molecule has 0 saturated carbocycles. The number of unbranched alkanes of at least 4 members (excludes halogenated alkanes) is 4. The summed E-state index contributed by atoms with van der Waals surface area (Å²) in [5.41, 5.74) is 6.34. The SMILES string of the molecule is CCCCCCCOCC(N)(CO)c1ccccc1. The summed E-state index contributed by atoms with van der Waals surface area (Å²) < 4.78 is 5.64. The Kier molecular flexibility index (Phi) is 7.72. The molecule has 1 atom stereocenters. The molecule has 0 aliphatic rings. The first-order chi connectivity index (χ1) is 9.23. The summed E-state index contributed by atoms with van der Waals surface area (Å²) in [5.74, 6) is 0. The molecule has 0 radical (unpaired) electrons. The fourth-order valence-electron chi connectivity index (χ4n) is 2.05. The van der Waals surface area contributed by atoms with E-state index in [9.17, 15) is 5.11 Å². The van der Waals surface area contributed by atoms with Crippen molar-refractivity contribution >= 4 is 0 Å². The molecule has 1 rings (SSSR count). The molecule has 19 heavy (non-hydrogen) atoms. The molecule has 0 aliphatic carbocycles. The van der Waals surface area contributed by atoms with E-state index < -0.39 is 5.54 Å². The van der Waals surface area contributed by atoms with Crippen LogP contribution in [0.1, 0.15) is 44.6 Å². The van der Waals surface area contributed by atoms with Crippen LogP contribution in [0.2, 0.25) is 0 Å². The maximum atomic E-state index is 9.51. The van der Waals surface area contributed by atoms with Gasteiger partial charge in [-0.15, -0.1) is 0 Å². The highest BCUT2D eigenvalue weighted by molar-refractivity contribution is 5.24. The molecular weight excluding hydrogens is 238 g/mol. The van der Waals surface area contributed by atoms with Gasteiger partial charge in [0.1, 0.15) is 0 Å². The number of hydrogen-bond donors (Lipinski definition) is 2. The minimum absolute atomic E-state index is 0.104. The minimum atomic E-state index is -0.787. The molecule has 3 nitrogen and oxygen atoms in total. The van der Waals surface area contributed by atoms with Crippen LogP contribution < -0.4 is 5.73 Å². The van der Waals surface area contributed by atoms with Gasteiger partial charge in [-0.1, -0.05) is 62.9 Å². The lowest BCUT2D eigenvalue weighted by atomic mass is 9.93. The van der Waals surface area contributed by atoms with Crippen LogP contribution in [0.25, 0.3) is 0 Å². The standard InChI is InChI=1S/C16H27NO2/c1-2-3-4-5-9-12-19-14-16(17,13-18)15-10-7-6-8-11-15/h6-8,10-11,18H,2-5,9,12-14,17H2,1H3. The normalized spacial score (nSPS) is 14.3. The zero-order valence-corrected chi connectivity index (χ0v) is 12.0. The van der Waals surface area contributed by atoms with Crippen molar-refractivity contribution < 1.29 is 9.84 Å². The second kappa shape index (κ2) is 9.08. The number of hydrogen-bond acceptors (Lipinski definition) is 3. The van der Waals surface area contributed by atoms with Crippen LogP contribution in [0.15, 0.2) is 30.3 Å². The van der Waals surface area contributed by atoms with Gasteiger partial charge in [0, 0.05) is 6.61 Å². The maximum absolute atomic E-state index is 9.51. The zero-order valence-electron chi connectivity index (χ0n) is 12.0. The molecule has 0 fully saturated rings. The summed E-state index contributed by atoms with van der Waals surface area (Å²) in [7, 11) is 0. The highest BCUT2D eigenvalue weighted by Gasteiger charge is 2.26. The van der Waals surface area contributed by atoms with Crippen LogP contribution in [0.4, 0.5) is 0 Å². The quantitative estimate of drug-likeness (QED) is 0.640. The van der Waals surface area contributed by atoms with Crippen LogP contribution >= 0.6 is 0 Å². The molecule has 0 saturated heterocycles. The third-order valence-corrected chi connectivity index (χ3v) is 3.38. The van der Waals surface area contributed by atoms with Crippen molar-refractivity contribution in [2.45, 2.75) is 44.6 Å². The van der Waals surface area contributed by atoms with E-state index in [2.05, 4.69) is 6.92 Å². The van der Waals surface area contributed by atoms with E-state index in [4.69, 9.17) is 10.5 Å². The van der Waals surface area contributed by atoms with Crippen molar-refractivity contribution in [1.82, 2.24) is 0 Å². The van der Waals surface area contributed by atoms with Gasteiger partial charge in [-0.3, -0.25) is 0 Å². The summed E-state index contributed by atoms with van der Waals surface area (Å²) in [6, 6.07) is 9.66. The van der Waals surface area contributed by atoms with E-state index >= 15 is 0 Å². The Labute approximate surface area is 116 Å².